The molecular formula is C14H27NO2S. The third kappa shape index (κ3) is 4.30. The lowest BCUT2D eigenvalue weighted by Crippen LogP contribution is -2.46. The van der Waals surface area contributed by atoms with Crippen LogP contribution in [0.3, 0.4) is 0 Å². The molecule has 0 saturated carbocycles. The van der Waals surface area contributed by atoms with Gasteiger partial charge in [0.15, 0.2) is 0 Å². The van der Waals surface area contributed by atoms with Gasteiger partial charge in [-0.3, -0.25) is 14.5 Å². The Kier molecular flexibility index (Phi) is 5.92. The Balaban J connectivity index is 0.000000873. The van der Waals surface area contributed by atoms with Gasteiger partial charge in [-0.1, -0.05) is 20.8 Å². The van der Waals surface area contributed by atoms with Crippen molar-refractivity contribution >= 4 is 23.6 Å². The minimum atomic E-state index is -0.395. The molecule has 2 amide bonds. The van der Waals surface area contributed by atoms with Crippen molar-refractivity contribution in [2.45, 2.75) is 53.5 Å². The summed E-state index contributed by atoms with van der Waals surface area (Å²) in [6.45, 7) is 11.7. The Morgan fingerprint density at radius 3 is 1.61 bits per heavy atom. The minimum Gasteiger partial charge on any atom is -0.277 e. The van der Waals surface area contributed by atoms with Crippen LogP contribution >= 0.6 is 11.8 Å². The van der Waals surface area contributed by atoms with E-state index in [1.807, 2.05) is 54.1 Å². The molecule has 4 heteroatoms. The average Bonchev–Trinajstić information content (AvgIpc) is 2.40. The number of carbonyl (C=O) groups is 2. The molecule has 1 saturated heterocycles. The summed E-state index contributed by atoms with van der Waals surface area (Å²) in [4.78, 5) is 25.3. The van der Waals surface area contributed by atoms with Gasteiger partial charge in [0, 0.05) is 12.0 Å². The first kappa shape index (κ1) is 17.5. The molecule has 106 valence electrons. The molecule has 1 fully saturated rings. The van der Waals surface area contributed by atoms with E-state index in [1.54, 1.807) is 11.8 Å². The molecule has 0 radical (unpaired) electrons. The Bertz CT molecular complexity index is 313. The van der Waals surface area contributed by atoms with Gasteiger partial charge in [-0.15, -0.1) is 0 Å². The molecule has 1 atom stereocenters. The standard InChI is InChI=1S/C12H21NO2.C2H6S/c1-11(2,3)8-7-9(14)13(10(8)15)12(4,5)6;1-3-2/h8H,7H2,1-6H3;1-2H3. The van der Waals surface area contributed by atoms with E-state index in [0.29, 0.717) is 6.42 Å². The Morgan fingerprint density at radius 1 is 1.06 bits per heavy atom. The van der Waals surface area contributed by atoms with E-state index < -0.39 is 5.54 Å². The maximum absolute atomic E-state index is 12.1. The van der Waals surface area contributed by atoms with Crippen LogP contribution in [-0.2, 0) is 9.59 Å². The molecule has 3 nitrogen and oxygen atoms in total. The lowest BCUT2D eigenvalue weighted by atomic mass is 9.80. The van der Waals surface area contributed by atoms with Crippen molar-refractivity contribution < 1.29 is 9.59 Å². The summed E-state index contributed by atoms with van der Waals surface area (Å²) >= 11 is 1.75. The molecule has 1 aliphatic rings. The van der Waals surface area contributed by atoms with Gasteiger partial charge in [0.25, 0.3) is 0 Å². The smallest absolute Gasteiger partial charge is 0.233 e. The van der Waals surface area contributed by atoms with Gasteiger partial charge in [0.05, 0.1) is 5.92 Å². The number of nitrogens with zero attached hydrogens (tertiary/aromatic N) is 1. The van der Waals surface area contributed by atoms with Crippen LogP contribution in [0.4, 0.5) is 0 Å². The first-order chi connectivity index (χ1) is 7.96. The van der Waals surface area contributed by atoms with E-state index >= 15 is 0 Å². The highest BCUT2D eigenvalue weighted by molar-refractivity contribution is 7.97. The lowest BCUT2D eigenvalue weighted by molar-refractivity contribution is -0.145. The molecule has 0 spiro atoms. The molecule has 0 aromatic rings. The fourth-order valence-electron chi connectivity index (χ4n) is 2.01. The van der Waals surface area contributed by atoms with Gasteiger partial charge in [0.1, 0.15) is 0 Å². The highest BCUT2D eigenvalue weighted by atomic mass is 32.2. The zero-order valence-corrected chi connectivity index (χ0v) is 13.8. The van der Waals surface area contributed by atoms with Crippen LogP contribution in [0.1, 0.15) is 48.0 Å². The van der Waals surface area contributed by atoms with Crippen LogP contribution in [-0.4, -0.2) is 34.8 Å². The normalized spacial score (nSPS) is 20.9. The summed E-state index contributed by atoms with van der Waals surface area (Å²) in [6, 6.07) is 0. The summed E-state index contributed by atoms with van der Waals surface area (Å²) in [5.41, 5.74) is -0.527. The quantitative estimate of drug-likeness (QED) is 0.636. The molecular weight excluding hydrogens is 246 g/mol. The van der Waals surface area contributed by atoms with E-state index in [-0.39, 0.29) is 23.1 Å². The second-order valence-electron chi connectivity index (χ2n) is 6.77. The second-order valence-corrected chi connectivity index (χ2v) is 7.59. The molecule has 1 rings (SSSR count). The van der Waals surface area contributed by atoms with E-state index in [0.717, 1.165) is 0 Å². The number of likely N-dealkylation sites (tertiary alicyclic amines) is 1. The fourth-order valence-corrected chi connectivity index (χ4v) is 2.01. The molecule has 18 heavy (non-hydrogen) atoms. The third-order valence-corrected chi connectivity index (χ3v) is 2.86. The third-order valence-electron chi connectivity index (χ3n) is 2.86. The van der Waals surface area contributed by atoms with E-state index in [9.17, 15) is 9.59 Å². The maximum atomic E-state index is 12.1. The van der Waals surface area contributed by atoms with Crippen molar-refractivity contribution in [3.63, 3.8) is 0 Å². The Hall–Kier alpha value is -0.510. The molecule has 0 aromatic heterocycles. The van der Waals surface area contributed by atoms with Crippen molar-refractivity contribution in [1.29, 1.82) is 0 Å². The first-order valence-electron chi connectivity index (χ1n) is 6.23. The van der Waals surface area contributed by atoms with Crippen LogP contribution < -0.4 is 0 Å². The van der Waals surface area contributed by atoms with Gasteiger partial charge in [-0.25, -0.2) is 0 Å². The van der Waals surface area contributed by atoms with Crippen LogP contribution in [0.5, 0.6) is 0 Å². The summed E-state index contributed by atoms with van der Waals surface area (Å²) in [5.74, 6) is -0.211. The SMILES string of the molecule is CC(C)(C)C1CC(=O)N(C(C)(C)C)C1=O.CSC. The fraction of sp³-hybridized carbons (Fsp3) is 0.857. The van der Waals surface area contributed by atoms with E-state index in [1.165, 1.54) is 4.90 Å². The molecule has 0 bridgehead atoms. The molecule has 0 N–H and O–H groups in total. The molecule has 0 aromatic carbocycles. The van der Waals surface area contributed by atoms with Gasteiger partial charge in [-0.05, 0) is 38.7 Å². The van der Waals surface area contributed by atoms with Gasteiger partial charge >= 0.3 is 0 Å². The molecule has 1 aliphatic heterocycles. The lowest BCUT2D eigenvalue weighted by Gasteiger charge is -2.32. The summed E-state index contributed by atoms with van der Waals surface area (Å²) in [6.07, 6.45) is 4.44. The van der Waals surface area contributed by atoms with Crippen LogP contribution in [0.2, 0.25) is 0 Å². The van der Waals surface area contributed by atoms with Crippen LogP contribution in [0.25, 0.3) is 0 Å². The number of hydrogen-bond acceptors (Lipinski definition) is 3. The highest BCUT2D eigenvalue weighted by Crippen LogP contribution is 2.37. The van der Waals surface area contributed by atoms with Gasteiger partial charge < -0.3 is 0 Å². The van der Waals surface area contributed by atoms with Crippen molar-refractivity contribution in [2.75, 3.05) is 12.5 Å². The molecule has 1 heterocycles. The number of thioether (sulfide) groups is 1. The topological polar surface area (TPSA) is 37.4 Å². The minimum absolute atomic E-state index is 0.0139. The summed E-state index contributed by atoms with van der Waals surface area (Å²) in [5, 5.41) is 0. The maximum Gasteiger partial charge on any atom is 0.233 e. The van der Waals surface area contributed by atoms with Crippen LogP contribution in [0.15, 0.2) is 0 Å². The van der Waals surface area contributed by atoms with Crippen molar-refractivity contribution in [1.82, 2.24) is 4.90 Å². The van der Waals surface area contributed by atoms with E-state index in [2.05, 4.69) is 0 Å². The average molecular weight is 273 g/mol. The Labute approximate surface area is 116 Å². The van der Waals surface area contributed by atoms with Crippen molar-refractivity contribution in [2.24, 2.45) is 11.3 Å². The highest BCUT2D eigenvalue weighted by Gasteiger charge is 2.48. The van der Waals surface area contributed by atoms with Crippen LogP contribution in [0, 0.1) is 11.3 Å². The number of rotatable bonds is 0. The molecule has 0 aliphatic carbocycles. The number of amides is 2. The monoisotopic (exact) mass is 273 g/mol. The first-order valence-corrected chi connectivity index (χ1v) is 7.87. The number of hydrogen-bond donors (Lipinski definition) is 0. The number of carbonyl (C=O) groups excluding carboxylic acids is 2. The zero-order valence-electron chi connectivity index (χ0n) is 13.0. The predicted octanol–water partition coefficient (Wildman–Crippen LogP) is 3.19. The van der Waals surface area contributed by atoms with Crippen molar-refractivity contribution in [3.8, 4) is 0 Å². The van der Waals surface area contributed by atoms with Crippen molar-refractivity contribution in [3.05, 3.63) is 0 Å². The second kappa shape index (κ2) is 6.09. The zero-order chi connectivity index (χ0) is 14.7. The predicted molar refractivity (Wildman–Crippen MR) is 78.6 cm³/mol. The summed E-state index contributed by atoms with van der Waals surface area (Å²) in [7, 11) is 0. The summed E-state index contributed by atoms with van der Waals surface area (Å²) < 4.78 is 0. The van der Waals surface area contributed by atoms with Gasteiger partial charge in [-0.2, -0.15) is 11.8 Å². The Morgan fingerprint density at radius 2 is 1.44 bits per heavy atom. The van der Waals surface area contributed by atoms with Gasteiger partial charge in [0.2, 0.25) is 11.8 Å². The largest absolute Gasteiger partial charge is 0.277 e. The molecule has 1 unspecified atom stereocenters. The van der Waals surface area contributed by atoms with E-state index in [4.69, 9.17) is 0 Å². The number of imide groups is 1.